The van der Waals surface area contributed by atoms with Crippen LogP contribution in [0, 0.1) is 0 Å². The molecule has 1 heterocycles. The summed E-state index contributed by atoms with van der Waals surface area (Å²) in [5.74, 6) is -1.16. The van der Waals surface area contributed by atoms with Gasteiger partial charge < -0.3 is 9.47 Å². The molecule has 0 bridgehead atoms. The van der Waals surface area contributed by atoms with Crippen LogP contribution in [0.2, 0.25) is 0 Å². The number of methoxy groups -OCH3 is 2. The summed E-state index contributed by atoms with van der Waals surface area (Å²) in [5.41, 5.74) is 0.272. The van der Waals surface area contributed by atoms with Crippen molar-refractivity contribution in [1.29, 1.82) is 0 Å². The zero-order chi connectivity index (χ0) is 11.4. The van der Waals surface area contributed by atoms with Crippen LogP contribution in [0.1, 0.15) is 20.8 Å². The van der Waals surface area contributed by atoms with E-state index in [4.69, 9.17) is 0 Å². The predicted octanol–water partition coefficient (Wildman–Crippen LogP) is 1.42. The van der Waals surface area contributed by atoms with Crippen molar-refractivity contribution in [3.63, 3.8) is 0 Å². The number of hydrogen-bond acceptors (Lipinski definition) is 5. The first-order chi connectivity index (χ1) is 7.11. The molecule has 0 N–H and O–H groups in total. The molecule has 0 amide bonds. The van der Waals surface area contributed by atoms with Crippen LogP contribution >= 0.6 is 15.9 Å². The Kier molecular flexibility index (Phi) is 3.79. The fourth-order valence-electron chi connectivity index (χ4n) is 0.950. The van der Waals surface area contributed by atoms with Gasteiger partial charge in [0.1, 0.15) is 0 Å². The molecule has 0 saturated heterocycles. The summed E-state index contributed by atoms with van der Waals surface area (Å²) in [6.45, 7) is 0. The number of hydrogen-bond donors (Lipinski definition) is 0. The molecule has 1 aromatic heterocycles. The number of ether oxygens (including phenoxy) is 2. The summed E-state index contributed by atoms with van der Waals surface area (Å²) in [7, 11) is 2.49. The van der Waals surface area contributed by atoms with E-state index in [1.165, 1.54) is 26.5 Å². The van der Waals surface area contributed by atoms with Crippen molar-refractivity contribution in [1.82, 2.24) is 4.98 Å². The Bertz CT molecular complexity index is 371. The molecule has 0 saturated carbocycles. The highest BCUT2D eigenvalue weighted by Gasteiger charge is 2.19. The van der Waals surface area contributed by atoms with Gasteiger partial charge in [0.2, 0.25) is 0 Å². The summed E-state index contributed by atoms with van der Waals surface area (Å²) in [6, 6.07) is 1.45. The van der Waals surface area contributed by atoms with E-state index in [-0.39, 0.29) is 15.7 Å². The number of aromatic nitrogens is 1. The minimum atomic E-state index is -0.618. The van der Waals surface area contributed by atoms with E-state index in [0.29, 0.717) is 0 Å². The topological polar surface area (TPSA) is 65.5 Å². The van der Waals surface area contributed by atoms with Crippen molar-refractivity contribution in [2.75, 3.05) is 14.2 Å². The Balaban J connectivity index is 3.23. The molecule has 0 unspecified atom stereocenters. The smallest absolute Gasteiger partial charge is 0.357 e. The van der Waals surface area contributed by atoms with Gasteiger partial charge in [-0.2, -0.15) is 0 Å². The van der Waals surface area contributed by atoms with Gasteiger partial charge >= 0.3 is 11.9 Å². The van der Waals surface area contributed by atoms with Crippen LogP contribution in [0.4, 0.5) is 0 Å². The number of halogens is 1. The number of nitrogens with zero attached hydrogens (tertiary/aromatic N) is 1. The number of pyridine rings is 1. The first kappa shape index (κ1) is 11.6. The lowest BCUT2D eigenvalue weighted by Gasteiger charge is -2.05. The summed E-state index contributed by atoms with van der Waals surface area (Å²) >= 11 is 3.10. The Morgan fingerprint density at radius 2 is 1.87 bits per heavy atom. The maximum atomic E-state index is 11.3. The highest BCUT2D eigenvalue weighted by atomic mass is 79.9. The molecule has 5 nitrogen and oxygen atoms in total. The zero-order valence-corrected chi connectivity index (χ0v) is 9.70. The molecule has 0 atom stereocenters. The summed E-state index contributed by atoms with van der Waals surface area (Å²) in [5, 5.41) is 0. The normalized spacial score (nSPS) is 9.53. The van der Waals surface area contributed by atoms with Crippen molar-refractivity contribution >= 4 is 27.9 Å². The summed E-state index contributed by atoms with van der Waals surface area (Å²) in [4.78, 5) is 26.3. The summed E-state index contributed by atoms with van der Waals surface area (Å²) in [6.07, 6.45) is 1.34. The molecule has 6 heteroatoms. The van der Waals surface area contributed by atoms with Crippen LogP contribution in [0.3, 0.4) is 0 Å². The largest absolute Gasteiger partial charge is 0.465 e. The molecule has 0 radical (unpaired) electrons. The molecule has 0 aliphatic carbocycles. The molecule has 1 aromatic rings. The minimum absolute atomic E-state index is 0.0420. The lowest BCUT2D eigenvalue weighted by Crippen LogP contribution is -2.10. The fourth-order valence-corrected chi connectivity index (χ4v) is 1.51. The molecule has 0 aliphatic heterocycles. The van der Waals surface area contributed by atoms with E-state index in [9.17, 15) is 9.59 Å². The fraction of sp³-hybridized carbons (Fsp3) is 0.222. The van der Waals surface area contributed by atoms with Crippen molar-refractivity contribution < 1.29 is 19.1 Å². The Hall–Kier alpha value is -1.43. The number of esters is 2. The molecular formula is C9H8BrNO4. The highest BCUT2D eigenvalue weighted by molar-refractivity contribution is 9.10. The number of carbonyl (C=O) groups is 2. The standard InChI is InChI=1S/C9H8BrNO4/c1-14-8(12)5-3-4-11-7(6(5)10)9(13)15-2/h3-4H,1-2H3. The number of rotatable bonds is 2. The second kappa shape index (κ2) is 4.88. The van der Waals surface area contributed by atoms with Crippen LogP contribution in [0.15, 0.2) is 16.7 Å². The van der Waals surface area contributed by atoms with Crippen LogP contribution in [0.25, 0.3) is 0 Å². The third-order valence-corrected chi connectivity index (χ3v) is 2.48. The molecule has 80 valence electrons. The van der Waals surface area contributed by atoms with Crippen molar-refractivity contribution in [2.24, 2.45) is 0 Å². The Morgan fingerprint density at radius 1 is 1.27 bits per heavy atom. The molecule has 0 spiro atoms. The first-order valence-electron chi connectivity index (χ1n) is 3.93. The van der Waals surface area contributed by atoms with Crippen LogP contribution in [-0.2, 0) is 9.47 Å². The molecule has 0 aromatic carbocycles. The van der Waals surface area contributed by atoms with Gasteiger partial charge in [-0.25, -0.2) is 14.6 Å². The second-order valence-electron chi connectivity index (χ2n) is 2.50. The first-order valence-corrected chi connectivity index (χ1v) is 4.72. The van der Waals surface area contributed by atoms with Gasteiger partial charge in [0.05, 0.1) is 24.3 Å². The lowest BCUT2D eigenvalue weighted by atomic mass is 10.2. The van der Waals surface area contributed by atoms with E-state index in [2.05, 4.69) is 30.4 Å². The third kappa shape index (κ3) is 2.33. The molecule has 0 aliphatic rings. The van der Waals surface area contributed by atoms with E-state index in [0.717, 1.165) is 0 Å². The van der Waals surface area contributed by atoms with E-state index in [1.54, 1.807) is 0 Å². The lowest BCUT2D eigenvalue weighted by molar-refractivity contribution is 0.0591. The quantitative estimate of drug-likeness (QED) is 0.763. The van der Waals surface area contributed by atoms with Gasteiger partial charge in [-0.05, 0) is 22.0 Å². The van der Waals surface area contributed by atoms with Crippen molar-refractivity contribution in [3.05, 3.63) is 28.0 Å². The van der Waals surface area contributed by atoms with Gasteiger partial charge in [0, 0.05) is 6.20 Å². The van der Waals surface area contributed by atoms with Gasteiger partial charge in [-0.15, -0.1) is 0 Å². The van der Waals surface area contributed by atoms with Crippen molar-refractivity contribution in [2.45, 2.75) is 0 Å². The van der Waals surface area contributed by atoms with E-state index in [1.807, 2.05) is 0 Å². The van der Waals surface area contributed by atoms with Gasteiger partial charge in [-0.3, -0.25) is 0 Å². The van der Waals surface area contributed by atoms with Crippen LogP contribution < -0.4 is 0 Å². The minimum Gasteiger partial charge on any atom is -0.465 e. The molecule has 0 fully saturated rings. The maximum Gasteiger partial charge on any atom is 0.357 e. The monoisotopic (exact) mass is 273 g/mol. The maximum absolute atomic E-state index is 11.3. The zero-order valence-electron chi connectivity index (χ0n) is 8.11. The third-order valence-electron chi connectivity index (χ3n) is 1.67. The SMILES string of the molecule is COC(=O)c1ccnc(C(=O)OC)c1Br. The molecule has 1 rings (SSSR count). The van der Waals surface area contributed by atoms with Crippen LogP contribution in [0.5, 0.6) is 0 Å². The average molecular weight is 274 g/mol. The average Bonchev–Trinajstić information content (AvgIpc) is 2.27. The second-order valence-corrected chi connectivity index (χ2v) is 3.30. The predicted molar refractivity (Wildman–Crippen MR) is 54.6 cm³/mol. The van der Waals surface area contributed by atoms with Gasteiger partial charge in [-0.1, -0.05) is 0 Å². The van der Waals surface area contributed by atoms with Gasteiger partial charge in [0.25, 0.3) is 0 Å². The van der Waals surface area contributed by atoms with E-state index < -0.39 is 11.9 Å². The van der Waals surface area contributed by atoms with Crippen molar-refractivity contribution in [3.8, 4) is 0 Å². The number of carbonyl (C=O) groups excluding carboxylic acids is 2. The Morgan fingerprint density at radius 3 is 2.40 bits per heavy atom. The summed E-state index contributed by atoms with van der Waals surface area (Å²) < 4.78 is 9.31. The Labute approximate surface area is 94.5 Å². The molecule has 15 heavy (non-hydrogen) atoms. The molecular weight excluding hydrogens is 266 g/mol. The highest BCUT2D eigenvalue weighted by Crippen LogP contribution is 2.21. The van der Waals surface area contributed by atoms with E-state index >= 15 is 0 Å². The van der Waals surface area contributed by atoms with Crippen LogP contribution in [-0.4, -0.2) is 31.1 Å². The van der Waals surface area contributed by atoms with Gasteiger partial charge in [0.15, 0.2) is 5.69 Å².